The Kier molecular flexibility index (Phi) is 12.6. The molecule has 10 rings (SSSR count). The highest BCUT2D eigenvalue weighted by Crippen LogP contribution is 2.45. The van der Waals surface area contributed by atoms with Crippen LogP contribution in [0.4, 0.5) is 0 Å². The largest absolute Gasteiger partial charge is 0.507 e. The van der Waals surface area contributed by atoms with Gasteiger partial charge in [-0.3, -0.25) is 9.13 Å². The summed E-state index contributed by atoms with van der Waals surface area (Å²) in [6, 6.07) is 61.1. The zero-order valence-electron chi connectivity index (χ0n) is 43.2. The number of benzene rings is 8. The Balaban J connectivity index is 1.23. The molecule has 0 fully saturated rings. The summed E-state index contributed by atoms with van der Waals surface area (Å²) in [6.07, 6.45) is 0. The van der Waals surface area contributed by atoms with Crippen LogP contribution in [0.15, 0.2) is 170 Å². The van der Waals surface area contributed by atoms with E-state index in [1.807, 2.05) is 18.2 Å². The molecule has 2 heterocycles. The van der Waals surface area contributed by atoms with E-state index in [1.165, 1.54) is 55.4 Å². The Hall–Kier alpha value is -7.28. The molecule has 0 unspecified atom stereocenters. The van der Waals surface area contributed by atoms with E-state index in [2.05, 4.69) is 230 Å². The lowest BCUT2D eigenvalue weighted by molar-refractivity contribution is 0.477. The molecule has 356 valence electrons. The fourth-order valence-electron chi connectivity index (χ4n) is 10.4. The Morgan fingerprint density at radius 3 is 1.38 bits per heavy atom. The standard InChI is InChI=1S/C65H66N4OSi/c1-40(2)53-35-48(44-22-14-12-15-23-44)36-54(41(3)4)62(53)68-58-33-32-50(71(9,10)11)39-57(58)66-64(68)47-27-20-26-46(34-47)51-29-21-30-59-61(51)67-65(52-28-18-19-31-60(52)70)69(59)63-55(42(5)6)37-49(38-56(63)43(7)8)45-24-16-13-17-25-45/h12-43,70H,1-11H3. The summed E-state index contributed by atoms with van der Waals surface area (Å²) < 4.78 is 4.79. The van der Waals surface area contributed by atoms with Crippen molar-refractivity contribution in [1.82, 2.24) is 19.1 Å². The van der Waals surface area contributed by atoms with Crippen LogP contribution in [0.5, 0.6) is 5.75 Å². The third-order valence-electron chi connectivity index (χ3n) is 14.3. The highest BCUT2D eigenvalue weighted by Gasteiger charge is 2.28. The zero-order valence-corrected chi connectivity index (χ0v) is 44.2. The maximum atomic E-state index is 11.6. The molecule has 5 nitrogen and oxygen atoms in total. The Bertz CT molecular complexity index is 3530. The summed E-state index contributed by atoms with van der Waals surface area (Å²) in [5, 5.41) is 13.0. The predicted molar refractivity (Wildman–Crippen MR) is 304 cm³/mol. The van der Waals surface area contributed by atoms with E-state index in [0.717, 1.165) is 50.3 Å². The van der Waals surface area contributed by atoms with Gasteiger partial charge in [-0.2, -0.15) is 0 Å². The van der Waals surface area contributed by atoms with Crippen LogP contribution in [-0.2, 0) is 0 Å². The first-order valence-corrected chi connectivity index (χ1v) is 29.0. The van der Waals surface area contributed by atoms with Crippen LogP contribution in [0.3, 0.4) is 0 Å². The number of para-hydroxylation sites is 2. The average molecular weight is 947 g/mol. The van der Waals surface area contributed by atoms with Crippen molar-refractivity contribution in [2.45, 2.75) is 98.7 Å². The van der Waals surface area contributed by atoms with Gasteiger partial charge in [-0.15, -0.1) is 0 Å². The van der Waals surface area contributed by atoms with Crippen molar-refractivity contribution in [2.24, 2.45) is 0 Å². The van der Waals surface area contributed by atoms with Gasteiger partial charge in [-0.1, -0.05) is 189 Å². The van der Waals surface area contributed by atoms with Crippen LogP contribution in [0.25, 0.3) is 89.6 Å². The zero-order chi connectivity index (χ0) is 49.9. The molecule has 10 aromatic rings. The highest BCUT2D eigenvalue weighted by molar-refractivity contribution is 6.88. The number of hydrogen-bond donors (Lipinski definition) is 1. The summed E-state index contributed by atoms with van der Waals surface area (Å²) >= 11 is 0. The van der Waals surface area contributed by atoms with Crippen molar-refractivity contribution in [3.05, 3.63) is 192 Å². The normalized spacial score (nSPS) is 12.2. The molecule has 1 N–H and O–H groups in total. The van der Waals surface area contributed by atoms with Crippen LogP contribution in [-0.4, -0.2) is 32.3 Å². The fourth-order valence-corrected chi connectivity index (χ4v) is 11.6. The molecule has 0 aliphatic heterocycles. The minimum atomic E-state index is -1.67. The lowest BCUT2D eigenvalue weighted by atomic mass is 9.88. The Morgan fingerprint density at radius 2 is 0.859 bits per heavy atom. The summed E-state index contributed by atoms with van der Waals surface area (Å²) in [5.41, 5.74) is 20.0. The molecule has 0 bridgehead atoms. The van der Waals surface area contributed by atoms with Crippen molar-refractivity contribution in [1.29, 1.82) is 0 Å². The van der Waals surface area contributed by atoms with Crippen LogP contribution >= 0.6 is 0 Å². The van der Waals surface area contributed by atoms with E-state index >= 15 is 0 Å². The second-order valence-corrected chi connectivity index (χ2v) is 26.7. The molecule has 71 heavy (non-hydrogen) atoms. The summed E-state index contributed by atoms with van der Waals surface area (Å²) in [5.74, 6) is 2.71. The third kappa shape index (κ3) is 8.73. The first kappa shape index (κ1) is 47.4. The number of hydrogen-bond acceptors (Lipinski definition) is 3. The summed E-state index contributed by atoms with van der Waals surface area (Å²) in [6.45, 7) is 25.6. The lowest BCUT2D eigenvalue weighted by Crippen LogP contribution is -2.37. The van der Waals surface area contributed by atoms with Crippen molar-refractivity contribution in [2.75, 3.05) is 0 Å². The van der Waals surface area contributed by atoms with E-state index in [0.29, 0.717) is 11.4 Å². The molecule has 0 saturated heterocycles. The number of fused-ring (bicyclic) bond motifs is 2. The van der Waals surface area contributed by atoms with Gasteiger partial charge in [0.25, 0.3) is 0 Å². The summed E-state index contributed by atoms with van der Waals surface area (Å²) in [4.78, 5) is 11.2. The number of rotatable bonds is 12. The van der Waals surface area contributed by atoms with Gasteiger partial charge in [0.2, 0.25) is 0 Å². The third-order valence-corrected chi connectivity index (χ3v) is 16.3. The Morgan fingerprint density at radius 1 is 0.394 bits per heavy atom. The number of nitrogens with zero attached hydrogens (tertiary/aromatic N) is 4. The quantitative estimate of drug-likeness (QED) is 0.124. The Labute approximate surface area is 421 Å². The average Bonchev–Trinajstić information content (AvgIpc) is 3.94. The van der Waals surface area contributed by atoms with Gasteiger partial charge in [0.1, 0.15) is 17.4 Å². The number of aromatic nitrogens is 4. The molecule has 6 heteroatoms. The monoisotopic (exact) mass is 947 g/mol. The molecular weight excluding hydrogens is 881 g/mol. The maximum absolute atomic E-state index is 11.6. The highest BCUT2D eigenvalue weighted by atomic mass is 28.3. The van der Waals surface area contributed by atoms with Crippen LogP contribution in [0.2, 0.25) is 19.6 Å². The summed E-state index contributed by atoms with van der Waals surface area (Å²) in [7, 11) is -1.67. The number of phenolic OH excluding ortho intramolecular Hbond substituents is 1. The first-order chi connectivity index (χ1) is 34.1. The molecule has 0 atom stereocenters. The minimum Gasteiger partial charge on any atom is -0.507 e. The second-order valence-electron chi connectivity index (χ2n) is 21.6. The van der Waals surface area contributed by atoms with Gasteiger partial charge in [-0.05, 0) is 134 Å². The molecule has 0 amide bonds. The maximum Gasteiger partial charge on any atom is 0.149 e. The molecular formula is C65H66N4OSi. The van der Waals surface area contributed by atoms with Gasteiger partial charge in [0.05, 0.1) is 47.1 Å². The molecule has 0 radical (unpaired) electrons. The van der Waals surface area contributed by atoms with E-state index in [-0.39, 0.29) is 29.4 Å². The van der Waals surface area contributed by atoms with Gasteiger partial charge in [-0.25, -0.2) is 9.97 Å². The lowest BCUT2D eigenvalue weighted by Gasteiger charge is -2.25. The van der Waals surface area contributed by atoms with E-state index in [9.17, 15) is 5.11 Å². The van der Waals surface area contributed by atoms with Crippen LogP contribution in [0, 0.1) is 0 Å². The fraction of sp³-hybridized carbons (Fsp3) is 0.231. The topological polar surface area (TPSA) is 55.9 Å². The van der Waals surface area contributed by atoms with E-state index < -0.39 is 8.07 Å². The van der Waals surface area contributed by atoms with Crippen molar-refractivity contribution < 1.29 is 5.11 Å². The first-order valence-electron chi connectivity index (χ1n) is 25.5. The number of imidazole rings is 2. The second kappa shape index (κ2) is 18.8. The van der Waals surface area contributed by atoms with Crippen LogP contribution in [0.1, 0.15) is 101 Å². The van der Waals surface area contributed by atoms with Gasteiger partial charge < -0.3 is 5.11 Å². The van der Waals surface area contributed by atoms with Gasteiger partial charge >= 0.3 is 0 Å². The van der Waals surface area contributed by atoms with E-state index in [1.54, 1.807) is 6.07 Å². The number of aromatic hydroxyl groups is 1. The molecule has 0 spiro atoms. The van der Waals surface area contributed by atoms with Crippen molar-refractivity contribution in [3.63, 3.8) is 0 Å². The number of phenols is 1. The molecule has 8 aromatic carbocycles. The predicted octanol–water partition coefficient (Wildman–Crippen LogP) is 17.4. The van der Waals surface area contributed by atoms with Gasteiger partial charge in [0, 0.05) is 11.1 Å². The van der Waals surface area contributed by atoms with Crippen molar-refractivity contribution in [3.8, 4) is 73.3 Å². The molecule has 0 saturated carbocycles. The molecule has 0 aliphatic rings. The smallest absolute Gasteiger partial charge is 0.149 e. The minimum absolute atomic E-state index is 0.195. The van der Waals surface area contributed by atoms with Crippen molar-refractivity contribution >= 4 is 35.3 Å². The molecule has 2 aromatic heterocycles. The van der Waals surface area contributed by atoms with Gasteiger partial charge in [0.15, 0.2) is 0 Å². The van der Waals surface area contributed by atoms with E-state index in [4.69, 9.17) is 9.97 Å². The van der Waals surface area contributed by atoms with Crippen LogP contribution < -0.4 is 5.19 Å². The molecule has 0 aliphatic carbocycles. The SMILES string of the molecule is CC(C)c1cc(-c2ccccc2)cc(C(C)C)c1-n1c(-c2cccc(-c3cccc4c3nc(-c3ccccc3O)n4-c3c(C(C)C)cc(-c4ccccc4)cc3C(C)C)c2)nc2cc([Si](C)(C)C)ccc21.